The highest BCUT2D eigenvalue weighted by molar-refractivity contribution is 5.89. The van der Waals surface area contributed by atoms with Crippen LogP contribution in [0.3, 0.4) is 0 Å². The molecule has 0 N–H and O–H groups in total. The topological polar surface area (TPSA) is 88.1 Å². The van der Waals surface area contributed by atoms with Gasteiger partial charge in [0.25, 0.3) is 0 Å². The normalized spacial score (nSPS) is 20.1. The quantitative estimate of drug-likeness (QED) is 0.145. The zero-order valence-electron chi connectivity index (χ0n) is 20.1. The zero-order valence-corrected chi connectivity index (χ0v) is 20.1. The van der Waals surface area contributed by atoms with E-state index < -0.39 is 12.1 Å². The molecule has 3 atom stereocenters. The number of benzene rings is 1. The average Bonchev–Trinajstić information content (AvgIpc) is 2.76. The molecule has 182 valence electrons. The van der Waals surface area contributed by atoms with E-state index in [1.54, 1.807) is 31.2 Å². The first-order valence-corrected chi connectivity index (χ1v) is 11.7. The molecule has 1 fully saturated rings. The van der Waals surface area contributed by atoms with E-state index in [0.717, 1.165) is 12.8 Å². The minimum absolute atomic E-state index is 0.0727. The molecule has 0 radical (unpaired) electrons. The van der Waals surface area contributed by atoms with Gasteiger partial charge >= 0.3 is 18.1 Å². The third-order valence-corrected chi connectivity index (χ3v) is 5.85. The Hall–Kier alpha value is -2.83. The van der Waals surface area contributed by atoms with Crippen LogP contribution in [0.4, 0.5) is 4.79 Å². The third kappa shape index (κ3) is 8.91. The van der Waals surface area contributed by atoms with Gasteiger partial charge in [-0.2, -0.15) is 0 Å². The summed E-state index contributed by atoms with van der Waals surface area (Å²) in [7, 11) is 0. The fraction of sp³-hybridized carbons (Fsp3) is 0.577. The van der Waals surface area contributed by atoms with E-state index in [1.807, 2.05) is 0 Å². The molecule has 7 heteroatoms. The number of hydrogen-bond acceptors (Lipinski definition) is 7. The Balaban J connectivity index is 1.74. The van der Waals surface area contributed by atoms with E-state index in [-0.39, 0.29) is 31.0 Å². The highest BCUT2D eigenvalue weighted by Crippen LogP contribution is 2.35. The molecule has 0 bridgehead atoms. The maximum Gasteiger partial charge on any atom is 0.513 e. The standard InChI is InChI=1S/C26H36O7/c1-17(2)22-13-8-19(5)16-23(22)33-25(28)20-9-11-21(12-10-20)32-26(29)31-15-7-6-14-30-24(27)18(3)4/h9-12,17,19,22-23H,3,6-8,13-16H2,1-2,4-5H3. The molecule has 0 aliphatic heterocycles. The van der Waals surface area contributed by atoms with Crippen molar-refractivity contribution in [2.75, 3.05) is 13.2 Å². The number of hydrogen-bond donors (Lipinski definition) is 0. The van der Waals surface area contributed by atoms with Crippen molar-refractivity contribution in [3.05, 3.63) is 42.0 Å². The second kappa shape index (κ2) is 13.0. The van der Waals surface area contributed by atoms with Crippen LogP contribution in [-0.2, 0) is 19.0 Å². The van der Waals surface area contributed by atoms with Crippen molar-refractivity contribution >= 4 is 18.1 Å². The summed E-state index contributed by atoms with van der Waals surface area (Å²) in [5.41, 5.74) is 0.762. The van der Waals surface area contributed by atoms with Crippen LogP contribution in [0.25, 0.3) is 0 Å². The van der Waals surface area contributed by atoms with Gasteiger partial charge in [0.2, 0.25) is 0 Å². The summed E-state index contributed by atoms with van der Waals surface area (Å²) >= 11 is 0. The summed E-state index contributed by atoms with van der Waals surface area (Å²) in [6.45, 7) is 12.0. The summed E-state index contributed by atoms with van der Waals surface area (Å²) in [6.07, 6.45) is 3.31. The molecule has 1 aromatic carbocycles. The largest absolute Gasteiger partial charge is 0.513 e. The van der Waals surface area contributed by atoms with Crippen molar-refractivity contribution in [1.29, 1.82) is 0 Å². The lowest BCUT2D eigenvalue weighted by atomic mass is 9.75. The predicted molar refractivity (Wildman–Crippen MR) is 124 cm³/mol. The molecule has 1 aliphatic carbocycles. The van der Waals surface area contributed by atoms with E-state index in [2.05, 4.69) is 27.4 Å². The molecule has 0 amide bonds. The van der Waals surface area contributed by atoms with Crippen molar-refractivity contribution in [2.45, 2.75) is 65.9 Å². The van der Waals surface area contributed by atoms with E-state index in [4.69, 9.17) is 18.9 Å². The van der Waals surface area contributed by atoms with Gasteiger partial charge in [-0.25, -0.2) is 14.4 Å². The van der Waals surface area contributed by atoms with E-state index in [1.165, 1.54) is 6.42 Å². The first kappa shape index (κ1) is 26.4. The lowest BCUT2D eigenvalue weighted by Crippen LogP contribution is -2.35. The van der Waals surface area contributed by atoms with E-state index >= 15 is 0 Å². The molecule has 2 rings (SSSR count). The lowest BCUT2D eigenvalue weighted by Gasteiger charge is -2.36. The van der Waals surface area contributed by atoms with Crippen LogP contribution in [0.5, 0.6) is 5.75 Å². The second-order valence-electron chi connectivity index (χ2n) is 9.12. The summed E-state index contributed by atoms with van der Waals surface area (Å²) < 4.78 is 20.9. The fourth-order valence-electron chi connectivity index (χ4n) is 3.89. The highest BCUT2D eigenvalue weighted by Gasteiger charge is 2.33. The van der Waals surface area contributed by atoms with Crippen LogP contribution < -0.4 is 4.74 Å². The van der Waals surface area contributed by atoms with Gasteiger partial charge in [0.05, 0.1) is 18.8 Å². The van der Waals surface area contributed by atoms with Gasteiger partial charge in [0.15, 0.2) is 0 Å². The molecule has 0 spiro atoms. The molecule has 0 aromatic heterocycles. The molecule has 0 saturated heterocycles. The number of carbonyl (C=O) groups is 3. The molecule has 0 heterocycles. The maximum absolute atomic E-state index is 12.6. The van der Waals surface area contributed by atoms with Gasteiger partial charge in [-0.3, -0.25) is 0 Å². The van der Waals surface area contributed by atoms with Gasteiger partial charge in [0.1, 0.15) is 11.9 Å². The van der Waals surface area contributed by atoms with Crippen LogP contribution in [-0.4, -0.2) is 37.4 Å². The van der Waals surface area contributed by atoms with Crippen molar-refractivity contribution < 1.29 is 33.3 Å². The first-order chi connectivity index (χ1) is 15.7. The van der Waals surface area contributed by atoms with Crippen molar-refractivity contribution in [1.82, 2.24) is 0 Å². The molecule has 1 aliphatic rings. The van der Waals surface area contributed by atoms with Crippen LogP contribution >= 0.6 is 0 Å². The Morgan fingerprint density at radius 2 is 1.67 bits per heavy atom. The summed E-state index contributed by atoms with van der Waals surface area (Å²) in [4.78, 5) is 35.7. The van der Waals surface area contributed by atoms with Gasteiger partial charge in [-0.15, -0.1) is 0 Å². The summed E-state index contributed by atoms with van der Waals surface area (Å²) in [6, 6.07) is 6.24. The van der Waals surface area contributed by atoms with Crippen LogP contribution in [0.2, 0.25) is 0 Å². The van der Waals surface area contributed by atoms with Crippen LogP contribution in [0.15, 0.2) is 36.4 Å². The van der Waals surface area contributed by atoms with Gasteiger partial charge in [-0.1, -0.05) is 33.8 Å². The number of ether oxygens (including phenoxy) is 4. The molecular weight excluding hydrogens is 424 g/mol. The monoisotopic (exact) mass is 460 g/mol. The smallest absolute Gasteiger partial charge is 0.462 e. The SMILES string of the molecule is C=C(C)C(=O)OCCCCOC(=O)Oc1ccc(C(=O)OC2CC(C)CCC2C(C)C)cc1. The highest BCUT2D eigenvalue weighted by atomic mass is 16.7. The number of esters is 2. The second-order valence-corrected chi connectivity index (χ2v) is 9.12. The Kier molecular flexibility index (Phi) is 10.4. The number of rotatable bonds is 10. The molecular formula is C26H36O7. The molecule has 1 aromatic rings. The predicted octanol–water partition coefficient (Wildman–Crippen LogP) is 5.72. The van der Waals surface area contributed by atoms with Crippen LogP contribution in [0, 0.1) is 17.8 Å². The third-order valence-electron chi connectivity index (χ3n) is 5.85. The Morgan fingerprint density at radius 1 is 1.03 bits per heavy atom. The van der Waals surface area contributed by atoms with E-state index in [0.29, 0.717) is 41.7 Å². The summed E-state index contributed by atoms with van der Waals surface area (Å²) in [5.74, 6) is 0.866. The molecule has 1 saturated carbocycles. The van der Waals surface area contributed by atoms with Crippen molar-refractivity contribution in [3.8, 4) is 5.75 Å². The van der Waals surface area contributed by atoms with Gasteiger partial charge in [-0.05, 0) is 74.6 Å². The number of unbranched alkanes of at least 4 members (excludes halogenated alkanes) is 1. The first-order valence-electron chi connectivity index (χ1n) is 11.7. The fourth-order valence-corrected chi connectivity index (χ4v) is 3.89. The van der Waals surface area contributed by atoms with Gasteiger partial charge in [0, 0.05) is 5.57 Å². The minimum Gasteiger partial charge on any atom is -0.462 e. The van der Waals surface area contributed by atoms with Gasteiger partial charge < -0.3 is 18.9 Å². The van der Waals surface area contributed by atoms with Crippen molar-refractivity contribution in [2.24, 2.45) is 17.8 Å². The number of carbonyl (C=O) groups excluding carboxylic acids is 3. The maximum atomic E-state index is 12.6. The lowest BCUT2D eigenvalue weighted by molar-refractivity contribution is -0.139. The Morgan fingerprint density at radius 3 is 2.27 bits per heavy atom. The minimum atomic E-state index is -0.833. The van der Waals surface area contributed by atoms with E-state index in [9.17, 15) is 14.4 Å². The van der Waals surface area contributed by atoms with Crippen molar-refractivity contribution in [3.63, 3.8) is 0 Å². The molecule has 7 nitrogen and oxygen atoms in total. The Labute approximate surface area is 196 Å². The average molecular weight is 461 g/mol. The molecule has 33 heavy (non-hydrogen) atoms. The van der Waals surface area contributed by atoms with Crippen LogP contribution in [0.1, 0.15) is 70.2 Å². The molecule has 3 unspecified atom stereocenters. The zero-order chi connectivity index (χ0) is 24.4. The summed E-state index contributed by atoms with van der Waals surface area (Å²) in [5, 5.41) is 0. The Bertz CT molecular complexity index is 812.